The largest absolute Gasteiger partial charge is 0.382 e. The molecular weight excluding hydrogens is 316 g/mol. The number of benzene rings is 1. The van der Waals surface area contributed by atoms with E-state index in [9.17, 15) is 0 Å². The lowest BCUT2D eigenvalue weighted by Crippen LogP contribution is -2.44. The van der Waals surface area contributed by atoms with E-state index in [1.807, 2.05) is 4.57 Å². The minimum atomic E-state index is 0.151. The summed E-state index contributed by atoms with van der Waals surface area (Å²) in [6.45, 7) is 6.35. The van der Waals surface area contributed by atoms with E-state index in [1.54, 1.807) is 6.33 Å². The number of hydrogen-bond donors (Lipinski definition) is 2. The summed E-state index contributed by atoms with van der Waals surface area (Å²) < 4.78 is 1.91. The number of nitrogen functional groups attached to an aromatic ring is 2. The molecule has 0 spiro atoms. The molecule has 0 unspecified atom stereocenters. The Kier molecular flexibility index (Phi) is 3.69. The molecular formula is C17H22N8. The normalized spacial score (nSPS) is 15.8. The van der Waals surface area contributed by atoms with Crippen LogP contribution in [0.2, 0.25) is 0 Å². The molecule has 0 atom stereocenters. The Bertz CT molecular complexity index is 924. The van der Waals surface area contributed by atoms with Crippen LogP contribution in [0.4, 0.5) is 17.5 Å². The number of likely N-dealkylation sites (N-methyl/N-ethyl adjacent to an activating group) is 1. The van der Waals surface area contributed by atoms with E-state index in [4.69, 9.17) is 11.5 Å². The highest BCUT2D eigenvalue weighted by Crippen LogP contribution is 2.26. The molecule has 25 heavy (non-hydrogen) atoms. The second-order valence-corrected chi connectivity index (χ2v) is 6.51. The van der Waals surface area contributed by atoms with Crippen LogP contribution in [0.5, 0.6) is 0 Å². The number of anilines is 3. The van der Waals surface area contributed by atoms with E-state index >= 15 is 0 Å². The van der Waals surface area contributed by atoms with E-state index in [2.05, 4.69) is 56.9 Å². The summed E-state index contributed by atoms with van der Waals surface area (Å²) in [6.07, 6.45) is 1.72. The van der Waals surface area contributed by atoms with E-state index < -0.39 is 0 Å². The number of aromatic nitrogens is 4. The summed E-state index contributed by atoms with van der Waals surface area (Å²) in [6, 6.07) is 6.45. The molecule has 0 aliphatic carbocycles. The molecule has 8 nitrogen and oxygen atoms in total. The van der Waals surface area contributed by atoms with Crippen molar-refractivity contribution in [3.8, 4) is 5.69 Å². The monoisotopic (exact) mass is 338 g/mol. The molecule has 2 aromatic heterocycles. The maximum absolute atomic E-state index is 5.90. The van der Waals surface area contributed by atoms with Crippen molar-refractivity contribution in [1.29, 1.82) is 0 Å². The number of rotatable bonds is 2. The highest BCUT2D eigenvalue weighted by Gasteiger charge is 2.16. The van der Waals surface area contributed by atoms with Gasteiger partial charge in [0.05, 0.1) is 5.69 Å². The average molecular weight is 338 g/mol. The maximum Gasteiger partial charge on any atom is 0.224 e. The van der Waals surface area contributed by atoms with Crippen LogP contribution in [0.25, 0.3) is 16.9 Å². The molecule has 0 amide bonds. The summed E-state index contributed by atoms with van der Waals surface area (Å²) in [5.74, 6) is 0.450. The molecule has 3 heterocycles. The van der Waals surface area contributed by atoms with Crippen LogP contribution in [0.15, 0.2) is 24.5 Å². The Hall–Kier alpha value is -2.87. The number of nitrogens with zero attached hydrogens (tertiary/aromatic N) is 6. The minimum Gasteiger partial charge on any atom is -0.382 e. The van der Waals surface area contributed by atoms with E-state index in [1.165, 1.54) is 5.69 Å². The zero-order valence-electron chi connectivity index (χ0n) is 14.5. The quantitative estimate of drug-likeness (QED) is 0.720. The molecule has 3 aromatic rings. The van der Waals surface area contributed by atoms with Crippen LogP contribution in [-0.2, 0) is 0 Å². The smallest absolute Gasteiger partial charge is 0.224 e. The Morgan fingerprint density at radius 3 is 2.52 bits per heavy atom. The predicted octanol–water partition coefficient (Wildman–Crippen LogP) is 1.04. The van der Waals surface area contributed by atoms with Crippen LogP contribution < -0.4 is 16.4 Å². The van der Waals surface area contributed by atoms with E-state index in [0.29, 0.717) is 17.0 Å². The van der Waals surface area contributed by atoms with Gasteiger partial charge in [-0.15, -0.1) is 0 Å². The second kappa shape index (κ2) is 5.89. The molecule has 0 radical (unpaired) electrons. The van der Waals surface area contributed by atoms with Gasteiger partial charge in [0.25, 0.3) is 0 Å². The van der Waals surface area contributed by atoms with Crippen LogP contribution in [0.3, 0.4) is 0 Å². The van der Waals surface area contributed by atoms with Gasteiger partial charge >= 0.3 is 0 Å². The third-order valence-electron chi connectivity index (χ3n) is 4.75. The first-order chi connectivity index (χ1) is 12.0. The van der Waals surface area contributed by atoms with Gasteiger partial charge in [0.1, 0.15) is 6.33 Å². The summed E-state index contributed by atoms with van der Waals surface area (Å²) in [5, 5.41) is 0. The number of piperazine rings is 1. The predicted molar refractivity (Wildman–Crippen MR) is 99.9 cm³/mol. The Labute approximate surface area is 146 Å². The van der Waals surface area contributed by atoms with Gasteiger partial charge < -0.3 is 21.3 Å². The topological polar surface area (TPSA) is 102 Å². The second-order valence-electron chi connectivity index (χ2n) is 6.51. The first-order valence-electron chi connectivity index (χ1n) is 8.33. The SMILES string of the molecule is Cc1cc(N2CCN(C)CC2)ccc1-n1cnc2c(N)nc(N)nc21. The van der Waals surface area contributed by atoms with Gasteiger partial charge in [-0.1, -0.05) is 0 Å². The first-order valence-corrected chi connectivity index (χ1v) is 8.33. The van der Waals surface area contributed by atoms with Crippen molar-refractivity contribution in [2.24, 2.45) is 0 Å². The molecule has 130 valence electrons. The number of imidazole rings is 1. The number of aryl methyl sites for hydroxylation is 1. The van der Waals surface area contributed by atoms with Crippen molar-refractivity contribution < 1.29 is 0 Å². The molecule has 4 N–H and O–H groups in total. The van der Waals surface area contributed by atoms with E-state index in [0.717, 1.165) is 37.4 Å². The number of nitrogens with two attached hydrogens (primary N) is 2. The first kappa shape index (κ1) is 15.6. The van der Waals surface area contributed by atoms with Gasteiger partial charge in [0, 0.05) is 31.9 Å². The van der Waals surface area contributed by atoms with Crippen molar-refractivity contribution in [2.75, 3.05) is 49.6 Å². The maximum atomic E-state index is 5.90. The molecule has 4 rings (SSSR count). The zero-order valence-corrected chi connectivity index (χ0v) is 14.5. The highest BCUT2D eigenvalue weighted by molar-refractivity contribution is 5.84. The van der Waals surface area contributed by atoms with Gasteiger partial charge in [-0.05, 0) is 37.7 Å². The van der Waals surface area contributed by atoms with Crippen molar-refractivity contribution in [1.82, 2.24) is 24.4 Å². The van der Waals surface area contributed by atoms with Gasteiger partial charge in [0.2, 0.25) is 5.95 Å². The zero-order chi connectivity index (χ0) is 17.6. The number of fused-ring (bicyclic) bond motifs is 1. The molecule has 8 heteroatoms. The lowest BCUT2D eigenvalue weighted by Gasteiger charge is -2.34. The summed E-state index contributed by atoms with van der Waals surface area (Å²) >= 11 is 0. The molecule has 1 fully saturated rings. The van der Waals surface area contributed by atoms with Gasteiger partial charge in [-0.25, -0.2) is 4.98 Å². The molecule has 0 bridgehead atoms. The summed E-state index contributed by atoms with van der Waals surface area (Å²) in [7, 11) is 2.16. The molecule has 1 aliphatic heterocycles. The standard InChI is InChI=1S/C17H22N8/c1-11-9-12(24-7-5-23(2)6-8-24)3-4-13(11)25-10-20-14-15(18)21-17(19)22-16(14)25/h3-4,9-10H,5-8H2,1-2H3,(H4,18,19,21,22). The fourth-order valence-corrected chi connectivity index (χ4v) is 3.29. The van der Waals surface area contributed by atoms with Crippen molar-refractivity contribution in [3.63, 3.8) is 0 Å². The third-order valence-corrected chi connectivity index (χ3v) is 4.75. The van der Waals surface area contributed by atoms with Crippen LogP contribution >= 0.6 is 0 Å². The van der Waals surface area contributed by atoms with Crippen LogP contribution in [-0.4, -0.2) is 57.6 Å². The summed E-state index contributed by atoms with van der Waals surface area (Å²) in [4.78, 5) is 17.4. The molecule has 1 aliphatic rings. The van der Waals surface area contributed by atoms with Gasteiger partial charge in [0.15, 0.2) is 17.0 Å². The number of hydrogen-bond acceptors (Lipinski definition) is 7. The van der Waals surface area contributed by atoms with Gasteiger partial charge in [-0.2, -0.15) is 9.97 Å². The lowest BCUT2D eigenvalue weighted by atomic mass is 10.1. The van der Waals surface area contributed by atoms with Crippen LogP contribution in [0, 0.1) is 6.92 Å². The summed E-state index contributed by atoms with van der Waals surface area (Å²) in [5.41, 5.74) is 16.2. The molecule has 1 aromatic carbocycles. The fraction of sp³-hybridized carbons (Fsp3) is 0.353. The molecule has 1 saturated heterocycles. The average Bonchev–Trinajstić information content (AvgIpc) is 2.99. The van der Waals surface area contributed by atoms with Crippen molar-refractivity contribution in [2.45, 2.75) is 6.92 Å². The lowest BCUT2D eigenvalue weighted by molar-refractivity contribution is 0.313. The van der Waals surface area contributed by atoms with Crippen LogP contribution in [0.1, 0.15) is 5.56 Å². The molecule has 0 saturated carbocycles. The Morgan fingerprint density at radius 1 is 1.04 bits per heavy atom. The Morgan fingerprint density at radius 2 is 1.80 bits per heavy atom. The third kappa shape index (κ3) is 2.74. The van der Waals surface area contributed by atoms with Gasteiger partial charge in [-0.3, -0.25) is 4.57 Å². The fourth-order valence-electron chi connectivity index (χ4n) is 3.29. The van der Waals surface area contributed by atoms with Crippen molar-refractivity contribution >= 4 is 28.6 Å². The Balaban J connectivity index is 1.72. The highest BCUT2D eigenvalue weighted by atomic mass is 15.2. The minimum absolute atomic E-state index is 0.151. The van der Waals surface area contributed by atoms with E-state index in [-0.39, 0.29) is 5.95 Å². The van der Waals surface area contributed by atoms with Crippen molar-refractivity contribution in [3.05, 3.63) is 30.1 Å².